The van der Waals surface area contributed by atoms with Gasteiger partial charge in [-0.05, 0) is 29.5 Å². The van der Waals surface area contributed by atoms with Gasteiger partial charge in [0, 0.05) is 18.5 Å². The Labute approximate surface area is 201 Å². The summed E-state index contributed by atoms with van der Waals surface area (Å²) in [5.74, 6) is -0.0129. The molecule has 0 atom stereocenters. The molecular weight excluding hydrogens is 449 g/mol. The first kappa shape index (κ1) is 24.1. The lowest BCUT2D eigenvalue weighted by Crippen LogP contribution is -2.40. The number of imidazole rings is 1. The molecule has 2 aromatic carbocycles. The Balaban J connectivity index is 1.75. The molecule has 0 spiro atoms. The van der Waals surface area contributed by atoms with E-state index in [0.717, 1.165) is 22.1 Å². The van der Waals surface area contributed by atoms with Crippen molar-refractivity contribution in [2.45, 2.75) is 46.2 Å². The van der Waals surface area contributed by atoms with E-state index < -0.39 is 23.0 Å². The first-order valence-corrected chi connectivity index (χ1v) is 11.5. The van der Waals surface area contributed by atoms with E-state index in [1.54, 1.807) is 18.2 Å². The highest BCUT2D eigenvalue weighted by Crippen LogP contribution is 2.14. The van der Waals surface area contributed by atoms with Crippen LogP contribution in [0.25, 0.3) is 11.2 Å². The van der Waals surface area contributed by atoms with E-state index in [2.05, 4.69) is 23.8 Å². The van der Waals surface area contributed by atoms with Gasteiger partial charge >= 0.3 is 5.69 Å². The quantitative estimate of drug-likeness (QED) is 0.386. The number of fused-ring (bicyclic) bond motifs is 1. The molecule has 1 amide bonds. The van der Waals surface area contributed by atoms with E-state index in [1.165, 1.54) is 10.6 Å². The number of nitrogens with two attached hydrogens (primary N) is 1. The molecule has 0 aliphatic rings. The second-order valence-electron chi connectivity index (χ2n) is 9.12. The number of aromatic amines is 1. The number of H-pyrrole nitrogens is 1. The summed E-state index contributed by atoms with van der Waals surface area (Å²) in [6.45, 7) is 4.32. The van der Waals surface area contributed by atoms with Gasteiger partial charge in [0.2, 0.25) is 5.91 Å². The van der Waals surface area contributed by atoms with E-state index in [-0.39, 0.29) is 24.0 Å². The molecule has 8 nitrogen and oxygen atoms in total. The van der Waals surface area contributed by atoms with Gasteiger partial charge in [-0.25, -0.2) is 14.2 Å². The molecule has 0 aliphatic heterocycles. The number of aryl methyl sites for hydroxylation is 1. The second-order valence-corrected chi connectivity index (χ2v) is 9.12. The van der Waals surface area contributed by atoms with Crippen LogP contribution >= 0.6 is 0 Å². The Morgan fingerprint density at radius 2 is 1.74 bits per heavy atom. The van der Waals surface area contributed by atoms with Gasteiger partial charge in [-0.1, -0.05) is 56.3 Å². The van der Waals surface area contributed by atoms with Crippen molar-refractivity contribution in [3.05, 3.63) is 97.7 Å². The van der Waals surface area contributed by atoms with E-state index in [4.69, 9.17) is 5.73 Å². The number of hydrogen-bond donors (Lipinski definition) is 2. The number of hydrogen-bond acceptors (Lipinski definition) is 4. The molecule has 0 unspecified atom stereocenters. The highest BCUT2D eigenvalue weighted by molar-refractivity contribution is 5.76. The zero-order chi connectivity index (χ0) is 25.1. The number of carbonyl (C=O) groups is 1. The van der Waals surface area contributed by atoms with Crippen LogP contribution in [0.5, 0.6) is 0 Å². The zero-order valence-electron chi connectivity index (χ0n) is 19.8. The SMILES string of the molecule is CC(C)CCn1c(=O)n(Cc2ccccc2F)c(=O)c2[nH]c(Cc3ccc(CC(N)=O)cc3)nc21. The smallest absolute Gasteiger partial charge is 0.333 e. The number of benzene rings is 2. The molecule has 0 bridgehead atoms. The summed E-state index contributed by atoms with van der Waals surface area (Å²) < 4.78 is 16.8. The third-order valence-electron chi connectivity index (χ3n) is 5.90. The average Bonchev–Trinajstić information content (AvgIpc) is 3.22. The predicted octanol–water partition coefficient (Wildman–Crippen LogP) is 2.74. The molecule has 182 valence electrons. The van der Waals surface area contributed by atoms with Gasteiger partial charge in [-0.15, -0.1) is 0 Å². The number of halogens is 1. The number of nitrogens with one attached hydrogen (secondary N) is 1. The molecule has 3 N–H and O–H groups in total. The molecule has 0 saturated carbocycles. The van der Waals surface area contributed by atoms with Crippen LogP contribution in [0.3, 0.4) is 0 Å². The molecule has 4 rings (SSSR count). The molecule has 9 heteroatoms. The number of rotatable bonds is 9. The Morgan fingerprint density at radius 1 is 1.06 bits per heavy atom. The molecule has 0 saturated heterocycles. The third-order valence-corrected chi connectivity index (χ3v) is 5.90. The fourth-order valence-electron chi connectivity index (χ4n) is 3.99. The molecule has 4 aromatic rings. The summed E-state index contributed by atoms with van der Waals surface area (Å²) in [4.78, 5) is 45.4. The summed E-state index contributed by atoms with van der Waals surface area (Å²) in [6.07, 6.45) is 1.28. The van der Waals surface area contributed by atoms with Crippen LogP contribution in [0, 0.1) is 11.7 Å². The van der Waals surface area contributed by atoms with Crippen LogP contribution in [0.15, 0.2) is 58.1 Å². The first-order valence-electron chi connectivity index (χ1n) is 11.5. The fraction of sp³-hybridized carbons (Fsp3) is 0.308. The standard InChI is InChI=1S/C26H28FN5O3/c1-16(2)11-12-31-24-23(25(34)32(26(31)35)15-19-5-3-4-6-20(19)27)29-22(30-24)14-18-9-7-17(8-10-18)13-21(28)33/h3-10,16H,11-15H2,1-2H3,(H2,28,33)(H,29,30). The lowest BCUT2D eigenvalue weighted by Gasteiger charge is -2.12. The predicted molar refractivity (Wildman–Crippen MR) is 132 cm³/mol. The summed E-state index contributed by atoms with van der Waals surface area (Å²) in [5, 5.41) is 0. The lowest BCUT2D eigenvalue weighted by molar-refractivity contribution is -0.117. The van der Waals surface area contributed by atoms with Crippen LogP contribution in [-0.4, -0.2) is 25.0 Å². The summed E-state index contributed by atoms with van der Waals surface area (Å²) in [6, 6.07) is 13.5. The van der Waals surface area contributed by atoms with Crippen molar-refractivity contribution in [3.63, 3.8) is 0 Å². The summed E-state index contributed by atoms with van der Waals surface area (Å²) >= 11 is 0. The van der Waals surface area contributed by atoms with Gasteiger partial charge in [-0.3, -0.25) is 18.7 Å². The van der Waals surface area contributed by atoms with E-state index in [9.17, 15) is 18.8 Å². The van der Waals surface area contributed by atoms with E-state index in [0.29, 0.717) is 30.4 Å². The molecule has 0 radical (unpaired) electrons. The monoisotopic (exact) mass is 477 g/mol. The van der Waals surface area contributed by atoms with Gasteiger partial charge in [-0.2, -0.15) is 0 Å². The average molecular weight is 478 g/mol. The lowest BCUT2D eigenvalue weighted by atomic mass is 10.1. The van der Waals surface area contributed by atoms with Crippen molar-refractivity contribution < 1.29 is 9.18 Å². The topological polar surface area (TPSA) is 116 Å². The second kappa shape index (κ2) is 10.1. The van der Waals surface area contributed by atoms with Crippen molar-refractivity contribution in [3.8, 4) is 0 Å². The van der Waals surface area contributed by atoms with Crippen LogP contribution in [0.4, 0.5) is 4.39 Å². The van der Waals surface area contributed by atoms with Crippen molar-refractivity contribution >= 4 is 17.1 Å². The van der Waals surface area contributed by atoms with Crippen LogP contribution < -0.4 is 17.0 Å². The molecule has 2 heterocycles. The minimum atomic E-state index is -0.537. The number of nitrogens with zero attached hydrogens (tertiary/aromatic N) is 3. The Bertz CT molecular complexity index is 1480. The maximum atomic E-state index is 14.3. The number of primary amides is 1. The van der Waals surface area contributed by atoms with Crippen LogP contribution in [0.1, 0.15) is 42.8 Å². The highest BCUT2D eigenvalue weighted by atomic mass is 19.1. The Hall–Kier alpha value is -4.01. The first-order chi connectivity index (χ1) is 16.7. The number of aromatic nitrogens is 4. The minimum absolute atomic E-state index is 0.161. The maximum absolute atomic E-state index is 14.3. The zero-order valence-corrected chi connectivity index (χ0v) is 19.8. The van der Waals surface area contributed by atoms with Gasteiger partial charge < -0.3 is 10.7 Å². The Kier molecular flexibility index (Phi) is 6.95. The largest absolute Gasteiger partial charge is 0.369 e. The normalized spacial score (nSPS) is 11.4. The minimum Gasteiger partial charge on any atom is -0.369 e. The van der Waals surface area contributed by atoms with E-state index in [1.807, 2.05) is 24.3 Å². The number of amides is 1. The van der Waals surface area contributed by atoms with Crippen molar-refractivity contribution in [1.29, 1.82) is 0 Å². The maximum Gasteiger partial charge on any atom is 0.333 e. The third kappa shape index (κ3) is 5.40. The summed E-state index contributed by atoms with van der Waals surface area (Å²) in [7, 11) is 0. The molecule has 0 fully saturated rings. The molecule has 35 heavy (non-hydrogen) atoms. The van der Waals surface area contributed by atoms with Gasteiger partial charge in [0.1, 0.15) is 17.2 Å². The summed E-state index contributed by atoms with van der Waals surface area (Å²) in [5.41, 5.74) is 6.69. The molecule has 0 aliphatic carbocycles. The van der Waals surface area contributed by atoms with Gasteiger partial charge in [0.25, 0.3) is 5.56 Å². The highest BCUT2D eigenvalue weighted by Gasteiger charge is 2.19. The van der Waals surface area contributed by atoms with Crippen LogP contribution in [-0.2, 0) is 30.7 Å². The van der Waals surface area contributed by atoms with Gasteiger partial charge in [0.05, 0.1) is 13.0 Å². The van der Waals surface area contributed by atoms with E-state index >= 15 is 0 Å². The van der Waals surface area contributed by atoms with Gasteiger partial charge in [0.15, 0.2) is 5.65 Å². The van der Waals surface area contributed by atoms with Crippen molar-refractivity contribution in [2.24, 2.45) is 11.7 Å². The molecular formula is C26H28FN5O3. The van der Waals surface area contributed by atoms with Crippen LogP contribution in [0.2, 0.25) is 0 Å². The fourth-order valence-corrected chi connectivity index (χ4v) is 3.99. The number of carbonyl (C=O) groups excluding carboxylic acids is 1. The molecule has 2 aromatic heterocycles. The Morgan fingerprint density at radius 3 is 2.40 bits per heavy atom. The van der Waals surface area contributed by atoms with Crippen molar-refractivity contribution in [1.82, 2.24) is 19.1 Å². The van der Waals surface area contributed by atoms with Crippen molar-refractivity contribution in [2.75, 3.05) is 0 Å².